The number of piperazine rings is 1. The van der Waals surface area contributed by atoms with Crippen LogP contribution in [0.3, 0.4) is 0 Å². The maximum absolute atomic E-state index is 13.2. The minimum Gasteiger partial charge on any atom is -0.497 e. The van der Waals surface area contributed by atoms with Crippen LogP contribution in [-0.4, -0.2) is 69.9 Å². The number of aromatic nitrogens is 3. The number of carbonyl (C=O) groups is 2. The molecule has 1 saturated heterocycles. The fourth-order valence-electron chi connectivity index (χ4n) is 4.67. The second-order valence-corrected chi connectivity index (χ2v) is 9.30. The Balaban J connectivity index is 1.14. The molecule has 3 heterocycles. The molecular weight excluding hydrogens is 458 g/mol. The predicted octanol–water partition coefficient (Wildman–Crippen LogP) is 2.78. The third kappa shape index (κ3) is 5.11. The predicted molar refractivity (Wildman–Crippen MR) is 133 cm³/mol. The highest BCUT2D eigenvalue weighted by Crippen LogP contribution is 2.27. The first-order valence-corrected chi connectivity index (χ1v) is 12.3. The minimum absolute atomic E-state index is 0.106. The van der Waals surface area contributed by atoms with E-state index in [0.29, 0.717) is 57.0 Å². The molecular formula is C27H31N5O4. The summed E-state index contributed by atoms with van der Waals surface area (Å²) in [5.41, 5.74) is 4.44. The van der Waals surface area contributed by atoms with Gasteiger partial charge in [0, 0.05) is 32.6 Å². The summed E-state index contributed by atoms with van der Waals surface area (Å²) in [6.07, 6.45) is 1.01. The Kier molecular flexibility index (Phi) is 6.99. The first kappa shape index (κ1) is 24.0. The van der Waals surface area contributed by atoms with Crippen LogP contribution in [0.4, 0.5) is 0 Å². The number of hydrogen-bond acceptors (Lipinski definition) is 6. The van der Waals surface area contributed by atoms with Crippen LogP contribution < -0.4 is 4.74 Å². The van der Waals surface area contributed by atoms with Gasteiger partial charge in [-0.2, -0.15) is 0 Å². The number of nitrogens with zero attached hydrogens (tertiary/aromatic N) is 5. The van der Waals surface area contributed by atoms with Crippen LogP contribution in [0.15, 0.2) is 48.5 Å². The average Bonchev–Trinajstić information content (AvgIpc) is 3.35. The molecule has 2 aliphatic rings. The van der Waals surface area contributed by atoms with E-state index in [4.69, 9.17) is 9.47 Å². The normalized spacial score (nSPS) is 17.6. The van der Waals surface area contributed by atoms with E-state index < -0.39 is 0 Å². The summed E-state index contributed by atoms with van der Waals surface area (Å²) in [4.78, 5) is 29.5. The molecule has 0 aliphatic carbocycles. The van der Waals surface area contributed by atoms with E-state index in [-0.39, 0.29) is 24.5 Å². The van der Waals surface area contributed by atoms with Crippen molar-refractivity contribution in [2.75, 3.05) is 33.3 Å². The van der Waals surface area contributed by atoms with Gasteiger partial charge in [0.1, 0.15) is 11.9 Å². The molecule has 2 aliphatic heterocycles. The quantitative estimate of drug-likeness (QED) is 0.529. The molecule has 1 fully saturated rings. The highest BCUT2D eigenvalue weighted by atomic mass is 16.5. The Bertz CT molecular complexity index is 1210. The lowest BCUT2D eigenvalue weighted by Crippen LogP contribution is -2.50. The van der Waals surface area contributed by atoms with Crippen LogP contribution in [0.2, 0.25) is 0 Å². The van der Waals surface area contributed by atoms with Crippen LogP contribution in [0.5, 0.6) is 5.75 Å². The topological polar surface area (TPSA) is 89.8 Å². The van der Waals surface area contributed by atoms with Crippen molar-refractivity contribution < 1.29 is 19.1 Å². The van der Waals surface area contributed by atoms with Crippen molar-refractivity contribution in [2.24, 2.45) is 0 Å². The number of hydrogen-bond donors (Lipinski definition) is 0. The number of rotatable bonds is 6. The van der Waals surface area contributed by atoms with Crippen LogP contribution in [0.25, 0.3) is 0 Å². The Morgan fingerprint density at radius 2 is 1.69 bits per heavy atom. The van der Waals surface area contributed by atoms with Crippen molar-refractivity contribution in [3.63, 3.8) is 0 Å². The van der Waals surface area contributed by atoms with E-state index in [0.717, 1.165) is 16.9 Å². The van der Waals surface area contributed by atoms with Crippen LogP contribution in [0, 0.1) is 6.92 Å². The average molecular weight is 490 g/mol. The molecule has 0 bridgehead atoms. The van der Waals surface area contributed by atoms with Crippen molar-refractivity contribution in [2.45, 2.75) is 39.0 Å². The third-order valence-corrected chi connectivity index (χ3v) is 6.96. The molecule has 5 rings (SSSR count). The molecule has 9 nitrogen and oxygen atoms in total. The number of fused-ring (bicyclic) bond motifs is 1. The fraction of sp³-hybridized carbons (Fsp3) is 0.407. The lowest BCUT2D eigenvalue weighted by molar-refractivity contribution is -0.132. The van der Waals surface area contributed by atoms with Gasteiger partial charge in [-0.05, 0) is 36.6 Å². The SMILES string of the molecule is COc1ccc(CCC(=O)N2CCN(C(=O)c3nnn4c3CO[C@@H](c3ccc(C)cc3)C4)CC2)cc1. The molecule has 1 aromatic heterocycles. The number of methoxy groups -OCH3 is 1. The summed E-state index contributed by atoms with van der Waals surface area (Å²) < 4.78 is 13.0. The third-order valence-electron chi connectivity index (χ3n) is 6.96. The highest BCUT2D eigenvalue weighted by Gasteiger charge is 2.32. The maximum atomic E-state index is 13.2. The van der Waals surface area contributed by atoms with Crippen molar-refractivity contribution in [1.82, 2.24) is 24.8 Å². The van der Waals surface area contributed by atoms with Gasteiger partial charge in [0.2, 0.25) is 5.91 Å². The van der Waals surface area contributed by atoms with Crippen LogP contribution in [-0.2, 0) is 29.1 Å². The molecule has 0 N–H and O–H groups in total. The van der Waals surface area contributed by atoms with E-state index in [1.54, 1.807) is 16.7 Å². The smallest absolute Gasteiger partial charge is 0.276 e. The maximum Gasteiger partial charge on any atom is 0.276 e. The zero-order valence-electron chi connectivity index (χ0n) is 20.7. The Labute approximate surface area is 210 Å². The lowest BCUT2D eigenvalue weighted by Gasteiger charge is -2.34. The molecule has 0 saturated carbocycles. The Hall–Kier alpha value is -3.72. The van der Waals surface area contributed by atoms with Gasteiger partial charge in [0.05, 0.1) is 26.0 Å². The van der Waals surface area contributed by atoms with Crippen molar-refractivity contribution in [3.8, 4) is 5.75 Å². The lowest BCUT2D eigenvalue weighted by atomic mass is 10.1. The molecule has 3 aromatic rings. The Morgan fingerprint density at radius 1 is 1.00 bits per heavy atom. The monoisotopic (exact) mass is 489 g/mol. The van der Waals surface area contributed by atoms with Gasteiger partial charge in [-0.15, -0.1) is 5.10 Å². The molecule has 2 aromatic carbocycles. The zero-order chi connectivity index (χ0) is 25.1. The number of benzene rings is 2. The number of carbonyl (C=O) groups excluding carboxylic acids is 2. The molecule has 1 atom stereocenters. The summed E-state index contributed by atoms with van der Waals surface area (Å²) in [5, 5.41) is 8.44. The molecule has 0 spiro atoms. The van der Waals surface area contributed by atoms with E-state index in [1.165, 1.54) is 5.56 Å². The van der Waals surface area contributed by atoms with E-state index in [9.17, 15) is 9.59 Å². The van der Waals surface area contributed by atoms with Crippen molar-refractivity contribution >= 4 is 11.8 Å². The van der Waals surface area contributed by atoms with Gasteiger partial charge in [-0.1, -0.05) is 47.2 Å². The van der Waals surface area contributed by atoms with Crippen molar-refractivity contribution in [1.29, 1.82) is 0 Å². The standard InChI is InChI=1S/C27H31N5O4/c1-19-3-8-21(9-4-19)24-17-32-23(18-36-24)26(28-29-32)27(34)31-15-13-30(14-16-31)25(33)12-7-20-5-10-22(35-2)11-6-20/h3-6,8-11,24H,7,12-18H2,1-2H3/t24-/m1/s1. The number of amides is 2. The highest BCUT2D eigenvalue weighted by molar-refractivity contribution is 5.93. The molecule has 9 heteroatoms. The van der Waals surface area contributed by atoms with E-state index >= 15 is 0 Å². The van der Waals surface area contributed by atoms with Crippen LogP contribution >= 0.6 is 0 Å². The number of aryl methyl sites for hydroxylation is 2. The van der Waals surface area contributed by atoms with Crippen LogP contribution in [0.1, 0.15) is 45.4 Å². The van der Waals surface area contributed by atoms with Gasteiger partial charge >= 0.3 is 0 Å². The van der Waals surface area contributed by atoms with Crippen molar-refractivity contribution in [3.05, 3.63) is 76.6 Å². The molecule has 188 valence electrons. The van der Waals surface area contributed by atoms with E-state index in [2.05, 4.69) is 41.5 Å². The second kappa shape index (κ2) is 10.5. The van der Waals surface area contributed by atoms with Gasteiger partial charge in [-0.3, -0.25) is 9.59 Å². The summed E-state index contributed by atoms with van der Waals surface area (Å²) in [7, 11) is 1.64. The van der Waals surface area contributed by atoms with Gasteiger partial charge in [0.15, 0.2) is 5.69 Å². The van der Waals surface area contributed by atoms with Gasteiger partial charge in [-0.25, -0.2) is 4.68 Å². The first-order valence-electron chi connectivity index (χ1n) is 12.3. The van der Waals surface area contributed by atoms with Gasteiger partial charge < -0.3 is 19.3 Å². The summed E-state index contributed by atoms with van der Waals surface area (Å²) in [5.74, 6) is 0.756. The minimum atomic E-state index is -0.154. The molecule has 36 heavy (non-hydrogen) atoms. The fourth-order valence-corrected chi connectivity index (χ4v) is 4.67. The largest absolute Gasteiger partial charge is 0.497 e. The number of ether oxygens (including phenoxy) is 2. The summed E-state index contributed by atoms with van der Waals surface area (Å²) >= 11 is 0. The molecule has 0 radical (unpaired) electrons. The first-order chi connectivity index (χ1) is 17.5. The second-order valence-electron chi connectivity index (χ2n) is 9.30. The zero-order valence-corrected chi connectivity index (χ0v) is 20.7. The van der Waals surface area contributed by atoms with E-state index in [1.807, 2.05) is 29.2 Å². The van der Waals surface area contributed by atoms with Gasteiger partial charge in [0.25, 0.3) is 5.91 Å². The summed E-state index contributed by atoms with van der Waals surface area (Å²) in [6.45, 7) is 4.85. The Morgan fingerprint density at radius 3 is 2.39 bits per heavy atom. The summed E-state index contributed by atoms with van der Waals surface area (Å²) in [6, 6.07) is 16.0. The molecule has 2 amide bonds. The molecule has 0 unspecified atom stereocenters.